The van der Waals surface area contributed by atoms with Crippen LogP contribution in [0, 0.1) is 13.8 Å². The molecule has 0 aromatic heterocycles. The van der Waals surface area contributed by atoms with Gasteiger partial charge in [0.1, 0.15) is 11.5 Å². The second-order valence-electron chi connectivity index (χ2n) is 7.61. The fourth-order valence-electron chi connectivity index (χ4n) is 2.94. The average molecular weight is 475 g/mol. The summed E-state index contributed by atoms with van der Waals surface area (Å²) in [4.78, 5) is 36.1. The van der Waals surface area contributed by atoms with E-state index in [4.69, 9.17) is 9.47 Å². The van der Waals surface area contributed by atoms with E-state index in [2.05, 4.69) is 21.2 Å². The molecule has 0 fully saturated rings. The van der Waals surface area contributed by atoms with Crippen molar-refractivity contribution in [3.8, 4) is 11.5 Å². The lowest BCUT2D eigenvalue weighted by Crippen LogP contribution is -2.32. The predicted octanol–water partition coefficient (Wildman–Crippen LogP) is 3.42. The topological polar surface area (TPSA) is 118 Å². The molecule has 0 bridgehead atoms. The fourth-order valence-corrected chi connectivity index (χ4v) is 2.94. The summed E-state index contributed by atoms with van der Waals surface area (Å²) in [5.74, 6) is -0.813. The molecule has 0 saturated carbocycles. The molecule has 9 heteroatoms. The average Bonchev–Trinajstić information content (AvgIpc) is 2.86. The Bertz CT molecular complexity index is 1220. The van der Waals surface area contributed by atoms with E-state index in [-0.39, 0.29) is 12.5 Å². The Hall–Kier alpha value is -4.66. The molecule has 0 radical (unpaired) electrons. The van der Waals surface area contributed by atoms with Crippen molar-refractivity contribution >= 4 is 35.3 Å². The van der Waals surface area contributed by atoms with Crippen LogP contribution >= 0.6 is 0 Å². The van der Waals surface area contributed by atoms with Crippen LogP contribution in [-0.2, 0) is 14.4 Å². The molecule has 180 valence electrons. The van der Waals surface area contributed by atoms with Gasteiger partial charge in [0.15, 0.2) is 6.61 Å². The molecule has 0 aliphatic heterocycles. The van der Waals surface area contributed by atoms with Gasteiger partial charge in [-0.25, -0.2) is 5.43 Å². The highest BCUT2D eigenvalue weighted by Gasteiger charge is 2.14. The van der Waals surface area contributed by atoms with Crippen molar-refractivity contribution in [3.63, 3.8) is 0 Å². The van der Waals surface area contributed by atoms with Crippen molar-refractivity contribution in [2.45, 2.75) is 13.8 Å². The number of methoxy groups -OCH3 is 1. The highest BCUT2D eigenvalue weighted by atomic mass is 16.5. The number of carbonyl (C=O) groups excluding carboxylic acids is 3. The second kappa shape index (κ2) is 12.0. The molecule has 3 aromatic carbocycles. The molecule has 35 heavy (non-hydrogen) atoms. The van der Waals surface area contributed by atoms with E-state index in [1.165, 1.54) is 6.21 Å². The minimum Gasteiger partial charge on any atom is -0.497 e. The van der Waals surface area contributed by atoms with E-state index in [0.29, 0.717) is 28.4 Å². The Labute approximate surface area is 203 Å². The van der Waals surface area contributed by atoms with Gasteiger partial charge in [-0.15, -0.1) is 0 Å². The Morgan fingerprint density at radius 2 is 1.54 bits per heavy atom. The smallest absolute Gasteiger partial charge is 0.329 e. The van der Waals surface area contributed by atoms with Crippen LogP contribution in [0.5, 0.6) is 11.5 Å². The van der Waals surface area contributed by atoms with E-state index >= 15 is 0 Å². The molecule has 0 spiro atoms. The highest BCUT2D eigenvalue weighted by Crippen LogP contribution is 2.17. The zero-order valence-electron chi connectivity index (χ0n) is 19.6. The molecule has 0 aliphatic carbocycles. The van der Waals surface area contributed by atoms with Crippen molar-refractivity contribution in [1.82, 2.24) is 5.43 Å². The van der Waals surface area contributed by atoms with Gasteiger partial charge >= 0.3 is 11.8 Å². The monoisotopic (exact) mass is 474 g/mol. The standard InChI is InChI=1S/C26H26N4O5/c1-17-4-5-18(2)23(14-17)29-25(32)26(33)30-27-15-19-6-10-22(11-7-19)35-16-24(31)28-20-8-12-21(34-3)13-9-20/h4-15H,16H2,1-3H3,(H,28,31)(H,29,32)(H,30,33)/b27-15-. The molecular weight excluding hydrogens is 448 g/mol. The van der Waals surface area contributed by atoms with Gasteiger partial charge in [0.2, 0.25) is 0 Å². The number of anilines is 2. The molecule has 3 aromatic rings. The van der Waals surface area contributed by atoms with Gasteiger partial charge in [0, 0.05) is 11.4 Å². The Morgan fingerprint density at radius 3 is 2.23 bits per heavy atom. The van der Waals surface area contributed by atoms with Gasteiger partial charge in [-0.1, -0.05) is 12.1 Å². The van der Waals surface area contributed by atoms with Gasteiger partial charge < -0.3 is 20.1 Å². The Kier molecular flexibility index (Phi) is 8.55. The molecular formula is C26H26N4O5. The summed E-state index contributed by atoms with van der Waals surface area (Å²) < 4.78 is 10.6. The normalized spacial score (nSPS) is 10.5. The number of hydrazone groups is 1. The van der Waals surface area contributed by atoms with Crippen LogP contribution in [0.4, 0.5) is 11.4 Å². The van der Waals surface area contributed by atoms with E-state index in [9.17, 15) is 14.4 Å². The molecule has 0 saturated heterocycles. The van der Waals surface area contributed by atoms with Crippen molar-refractivity contribution in [1.29, 1.82) is 0 Å². The fraction of sp³-hybridized carbons (Fsp3) is 0.154. The number of nitrogens with zero attached hydrogens (tertiary/aromatic N) is 1. The third-order valence-electron chi connectivity index (χ3n) is 4.85. The van der Waals surface area contributed by atoms with Gasteiger partial charge in [-0.2, -0.15) is 5.10 Å². The van der Waals surface area contributed by atoms with Crippen LogP contribution < -0.4 is 25.5 Å². The maximum Gasteiger partial charge on any atom is 0.329 e. The minimum atomic E-state index is -0.884. The minimum absolute atomic E-state index is 0.162. The number of rotatable bonds is 8. The maximum absolute atomic E-state index is 12.1. The van der Waals surface area contributed by atoms with Crippen molar-refractivity contribution in [2.75, 3.05) is 24.4 Å². The lowest BCUT2D eigenvalue weighted by atomic mass is 10.1. The Morgan fingerprint density at radius 1 is 0.857 bits per heavy atom. The Balaban J connectivity index is 1.43. The summed E-state index contributed by atoms with van der Waals surface area (Å²) in [6.07, 6.45) is 1.39. The first-order valence-electron chi connectivity index (χ1n) is 10.7. The lowest BCUT2D eigenvalue weighted by Gasteiger charge is -2.08. The van der Waals surface area contributed by atoms with Gasteiger partial charge in [0.05, 0.1) is 13.3 Å². The van der Waals surface area contributed by atoms with Crippen LogP contribution in [0.15, 0.2) is 71.8 Å². The van der Waals surface area contributed by atoms with E-state index < -0.39 is 11.8 Å². The molecule has 3 rings (SSSR count). The first-order chi connectivity index (χ1) is 16.8. The second-order valence-corrected chi connectivity index (χ2v) is 7.61. The van der Waals surface area contributed by atoms with E-state index in [1.807, 2.05) is 26.0 Å². The number of carbonyl (C=O) groups is 3. The molecule has 3 N–H and O–H groups in total. The molecule has 3 amide bonds. The van der Waals surface area contributed by atoms with Gasteiger partial charge in [-0.3, -0.25) is 14.4 Å². The predicted molar refractivity (Wildman–Crippen MR) is 134 cm³/mol. The summed E-state index contributed by atoms with van der Waals surface area (Å²) in [5, 5.41) is 9.11. The van der Waals surface area contributed by atoms with Crippen LogP contribution in [0.2, 0.25) is 0 Å². The first-order valence-corrected chi connectivity index (χ1v) is 10.7. The van der Waals surface area contributed by atoms with Crippen LogP contribution in [0.25, 0.3) is 0 Å². The van der Waals surface area contributed by atoms with Crippen molar-refractivity contribution in [3.05, 3.63) is 83.4 Å². The number of aryl methyl sites for hydroxylation is 2. The summed E-state index contributed by atoms with van der Waals surface area (Å²) >= 11 is 0. The summed E-state index contributed by atoms with van der Waals surface area (Å²) in [5.41, 5.74) is 5.88. The third-order valence-corrected chi connectivity index (χ3v) is 4.85. The number of benzene rings is 3. The number of nitrogens with one attached hydrogen (secondary N) is 3. The summed E-state index contributed by atoms with van der Waals surface area (Å²) in [6, 6.07) is 19.3. The van der Waals surface area contributed by atoms with Gasteiger partial charge in [-0.05, 0) is 85.1 Å². The molecule has 0 aliphatic rings. The van der Waals surface area contributed by atoms with Crippen molar-refractivity contribution < 1.29 is 23.9 Å². The van der Waals surface area contributed by atoms with Crippen LogP contribution in [-0.4, -0.2) is 37.7 Å². The maximum atomic E-state index is 12.1. The third kappa shape index (κ3) is 7.71. The number of hydrogen-bond donors (Lipinski definition) is 3. The van der Waals surface area contributed by atoms with Crippen molar-refractivity contribution in [2.24, 2.45) is 5.10 Å². The van der Waals surface area contributed by atoms with E-state index in [1.54, 1.807) is 61.7 Å². The zero-order valence-corrected chi connectivity index (χ0v) is 19.6. The summed E-state index contributed by atoms with van der Waals surface area (Å²) in [7, 11) is 1.57. The lowest BCUT2D eigenvalue weighted by molar-refractivity contribution is -0.136. The highest BCUT2D eigenvalue weighted by molar-refractivity contribution is 6.39. The largest absolute Gasteiger partial charge is 0.497 e. The zero-order chi connectivity index (χ0) is 25.2. The van der Waals surface area contributed by atoms with Crippen LogP contribution in [0.3, 0.4) is 0 Å². The number of ether oxygens (including phenoxy) is 2. The van der Waals surface area contributed by atoms with Gasteiger partial charge in [0.25, 0.3) is 5.91 Å². The molecule has 9 nitrogen and oxygen atoms in total. The first kappa shape index (κ1) is 25.0. The van der Waals surface area contributed by atoms with E-state index in [0.717, 1.165) is 11.1 Å². The number of amides is 3. The summed E-state index contributed by atoms with van der Waals surface area (Å²) in [6.45, 7) is 3.57. The quantitative estimate of drug-likeness (QED) is 0.263. The molecule has 0 unspecified atom stereocenters. The SMILES string of the molecule is COc1ccc(NC(=O)COc2ccc(/C=N\NC(=O)C(=O)Nc3cc(C)ccc3C)cc2)cc1. The molecule has 0 heterocycles. The number of hydrogen-bond acceptors (Lipinski definition) is 6. The molecule has 0 atom stereocenters. The van der Waals surface area contributed by atoms with Crippen LogP contribution in [0.1, 0.15) is 16.7 Å².